The number of nitrogens with zero attached hydrogens (tertiary/aromatic N) is 3. The summed E-state index contributed by atoms with van der Waals surface area (Å²) in [5.41, 5.74) is 6.21. The second kappa shape index (κ2) is 13.8. The van der Waals surface area contributed by atoms with E-state index in [1.54, 1.807) is 18.3 Å². The number of aromatic nitrogens is 1. The molecule has 32 heavy (non-hydrogen) atoms. The highest BCUT2D eigenvalue weighted by Crippen LogP contribution is 2.26. The fourth-order valence-corrected chi connectivity index (χ4v) is 5.46. The molecule has 1 aromatic rings. The smallest absolute Gasteiger partial charge is 0.255 e. The molecule has 1 amide bonds. The van der Waals surface area contributed by atoms with Crippen molar-refractivity contribution in [1.29, 1.82) is 0 Å². The zero-order chi connectivity index (χ0) is 22.6. The summed E-state index contributed by atoms with van der Waals surface area (Å²) >= 11 is 0. The molecule has 2 aliphatic heterocycles. The normalized spacial score (nSPS) is 21.5. The lowest BCUT2D eigenvalue weighted by Gasteiger charge is -2.43. The van der Waals surface area contributed by atoms with Gasteiger partial charge in [-0.05, 0) is 57.8 Å². The van der Waals surface area contributed by atoms with Crippen LogP contribution in [-0.4, -0.2) is 65.5 Å². The monoisotopic (exact) mass is 443 g/mol. The van der Waals surface area contributed by atoms with E-state index in [1.165, 1.54) is 96.8 Å². The van der Waals surface area contributed by atoms with Gasteiger partial charge >= 0.3 is 0 Å². The summed E-state index contributed by atoms with van der Waals surface area (Å²) in [7, 11) is 0. The van der Waals surface area contributed by atoms with Crippen molar-refractivity contribution in [2.24, 2.45) is 0 Å². The molecule has 0 radical (unpaired) electrons. The van der Waals surface area contributed by atoms with E-state index < -0.39 is 0 Å². The first-order chi connectivity index (χ1) is 15.7. The third kappa shape index (κ3) is 7.73. The van der Waals surface area contributed by atoms with Crippen LogP contribution in [0.4, 0.5) is 5.82 Å². The molecular formula is C26H45N5O. The summed E-state index contributed by atoms with van der Waals surface area (Å²) in [6, 6.07) is 5.05. The van der Waals surface area contributed by atoms with Gasteiger partial charge in [0.1, 0.15) is 5.82 Å². The van der Waals surface area contributed by atoms with Crippen molar-refractivity contribution in [3.05, 3.63) is 23.9 Å². The Bertz CT molecular complexity index is 682. The molecule has 0 saturated carbocycles. The van der Waals surface area contributed by atoms with Gasteiger partial charge in [-0.2, -0.15) is 0 Å². The van der Waals surface area contributed by atoms with Crippen molar-refractivity contribution in [1.82, 2.24) is 20.1 Å². The number of nitrogens with two attached hydrogens (primary N) is 1. The number of unbranched alkanes of at least 4 members (excludes halogenated alkanes) is 9. The van der Waals surface area contributed by atoms with E-state index in [1.807, 2.05) is 0 Å². The van der Waals surface area contributed by atoms with Gasteiger partial charge in [0, 0.05) is 37.9 Å². The quantitative estimate of drug-likeness (QED) is 0.415. The second-order valence-electron chi connectivity index (χ2n) is 9.75. The van der Waals surface area contributed by atoms with Crippen molar-refractivity contribution < 1.29 is 4.79 Å². The molecule has 2 aliphatic rings. The average molecular weight is 444 g/mol. The minimum atomic E-state index is -0.120. The topological polar surface area (TPSA) is 74.5 Å². The Balaban J connectivity index is 1.09. The largest absolute Gasteiger partial charge is 0.383 e. The van der Waals surface area contributed by atoms with E-state index in [9.17, 15) is 4.79 Å². The first-order valence-electron chi connectivity index (χ1n) is 13.1. The third-order valence-electron chi connectivity index (χ3n) is 7.46. The Kier molecular flexibility index (Phi) is 10.8. The number of nitrogen functional groups attached to an aromatic ring is 1. The average Bonchev–Trinajstić information content (AvgIpc) is 3.28. The molecule has 0 bridgehead atoms. The highest BCUT2D eigenvalue weighted by molar-refractivity contribution is 5.98. The molecule has 2 unspecified atom stereocenters. The highest BCUT2D eigenvalue weighted by atomic mass is 16.1. The fraction of sp³-hybridized carbons (Fsp3) is 0.769. The van der Waals surface area contributed by atoms with E-state index in [0.29, 0.717) is 17.9 Å². The first kappa shape index (κ1) is 25.0. The number of pyridine rings is 1. The van der Waals surface area contributed by atoms with Gasteiger partial charge in [-0.3, -0.25) is 14.6 Å². The summed E-state index contributed by atoms with van der Waals surface area (Å²) in [5, 5.41) is 2.94. The van der Waals surface area contributed by atoms with Crippen LogP contribution in [0.5, 0.6) is 0 Å². The van der Waals surface area contributed by atoms with Crippen LogP contribution in [0.25, 0.3) is 0 Å². The van der Waals surface area contributed by atoms with Gasteiger partial charge in [0.25, 0.3) is 5.91 Å². The minimum absolute atomic E-state index is 0.120. The second-order valence-corrected chi connectivity index (χ2v) is 9.75. The van der Waals surface area contributed by atoms with E-state index >= 15 is 0 Å². The van der Waals surface area contributed by atoms with Gasteiger partial charge in [-0.1, -0.05) is 51.4 Å². The van der Waals surface area contributed by atoms with Crippen LogP contribution in [0.15, 0.2) is 18.3 Å². The zero-order valence-corrected chi connectivity index (χ0v) is 20.2. The van der Waals surface area contributed by atoms with Crippen molar-refractivity contribution in [3.63, 3.8) is 0 Å². The lowest BCUT2D eigenvalue weighted by Crippen LogP contribution is -2.55. The van der Waals surface area contributed by atoms with Crippen molar-refractivity contribution in [2.45, 2.75) is 96.1 Å². The Morgan fingerprint density at radius 3 is 2.44 bits per heavy atom. The number of carbonyl (C=O) groups excluding carboxylic acids is 1. The van der Waals surface area contributed by atoms with Crippen molar-refractivity contribution in [3.8, 4) is 0 Å². The fourth-order valence-electron chi connectivity index (χ4n) is 5.46. The van der Waals surface area contributed by atoms with Gasteiger partial charge in [0.15, 0.2) is 0 Å². The van der Waals surface area contributed by atoms with E-state index in [0.717, 1.165) is 18.5 Å². The van der Waals surface area contributed by atoms with Crippen LogP contribution in [0.1, 0.15) is 94.3 Å². The number of nitrogens with one attached hydrogen (secondary N) is 1. The molecule has 0 aromatic carbocycles. The molecule has 1 aromatic heterocycles. The molecule has 2 saturated heterocycles. The zero-order valence-electron chi connectivity index (χ0n) is 20.2. The SMILES string of the molecule is CC1C2CCCN2CCN1CCCCCCCCCCCCNC(=O)c1cccnc1N. The molecule has 3 heterocycles. The van der Waals surface area contributed by atoms with Crippen LogP contribution in [0.2, 0.25) is 0 Å². The molecular weight excluding hydrogens is 398 g/mol. The lowest BCUT2D eigenvalue weighted by molar-refractivity contribution is 0.0513. The number of fused-ring (bicyclic) bond motifs is 1. The van der Waals surface area contributed by atoms with Gasteiger partial charge in [-0.15, -0.1) is 0 Å². The van der Waals surface area contributed by atoms with Crippen molar-refractivity contribution >= 4 is 11.7 Å². The maximum Gasteiger partial charge on any atom is 0.255 e. The molecule has 0 aliphatic carbocycles. The molecule has 180 valence electrons. The minimum Gasteiger partial charge on any atom is -0.383 e. The number of anilines is 1. The predicted molar refractivity (Wildman–Crippen MR) is 133 cm³/mol. The number of piperazine rings is 1. The summed E-state index contributed by atoms with van der Waals surface area (Å²) in [5.74, 6) is 0.178. The van der Waals surface area contributed by atoms with E-state index in [2.05, 4.69) is 27.0 Å². The van der Waals surface area contributed by atoms with Gasteiger partial charge in [0.2, 0.25) is 0 Å². The molecule has 6 nitrogen and oxygen atoms in total. The summed E-state index contributed by atoms with van der Waals surface area (Å²) in [6.45, 7) is 8.37. The summed E-state index contributed by atoms with van der Waals surface area (Å²) in [6.07, 6.45) is 17.4. The highest BCUT2D eigenvalue weighted by Gasteiger charge is 2.35. The Hall–Kier alpha value is -1.66. The Morgan fingerprint density at radius 2 is 1.72 bits per heavy atom. The molecule has 2 fully saturated rings. The molecule has 3 rings (SSSR count). The molecule has 0 spiro atoms. The van der Waals surface area contributed by atoms with E-state index in [-0.39, 0.29) is 5.91 Å². The van der Waals surface area contributed by atoms with Crippen LogP contribution in [-0.2, 0) is 0 Å². The standard InChI is InChI=1S/C26H45N5O/c1-22-24-15-13-19-31(24)21-20-30(22)18-11-9-7-5-3-2-4-6-8-10-16-29-26(32)23-14-12-17-28-25(23)27/h12,14,17,22,24H,2-11,13,15-16,18-21H2,1H3,(H2,27,28)(H,29,32). The van der Waals surface area contributed by atoms with Crippen LogP contribution in [0.3, 0.4) is 0 Å². The maximum absolute atomic E-state index is 12.1. The summed E-state index contributed by atoms with van der Waals surface area (Å²) < 4.78 is 0. The Morgan fingerprint density at radius 1 is 1.03 bits per heavy atom. The first-order valence-corrected chi connectivity index (χ1v) is 13.1. The van der Waals surface area contributed by atoms with Gasteiger partial charge in [-0.25, -0.2) is 4.98 Å². The lowest BCUT2D eigenvalue weighted by atomic mass is 10.0. The van der Waals surface area contributed by atoms with Gasteiger partial charge in [0.05, 0.1) is 5.56 Å². The van der Waals surface area contributed by atoms with Crippen LogP contribution in [0, 0.1) is 0 Å². The molecule has 3 N–H and O–H groups in total. The predicted octanol–water partition coefficient (Wildman–Crippen LogP) is 4.46. The van der Waals surface area contributed by atoms with E-state index in [4.69, 9.17) is 5.73 Å². The third-order valence-corrected chi connectivity index (χ3v) is 7.46. The number of hydrogen-bond acceptors (Lipinski definition) is 5. The Labute approximate surface area is 195 Å². The van der Waals surface area contributed by atoms with Gasteiger partial charge < -0.3 is 11.1 Å². The molecule has 6 heteroatoms. The summed E-state index contributed by atoms with van der Waals surface area (Å²) in [4.78, 5) is 21.5. The maximum atomic E-state index is 12.1. The van der Waals surface area contributed by atoms with Crippen molar-refractivity contribution in [2.75, 3.05) is 38.5 Å². The number of rotatable bonds is 14. The van der Waals surface area contributed by atoms with Crippen LogP contribution >= 0.6 is 0 Å². The number of amides is 1. The number of hydrogen-bond donors (Lipinski definition) is 2. The number of carbonyl (C=O) groups is 1. The van der Waals surface area contributed by atoms with Crippen LogP contribution < -0.4 is 11.1 Å². The molecule has 2 atom stereocenters.